The lowest BCUT2D eigenvalue weighted by molar-refractivity contribution is -0.150. The average molecular weight is 344 g/mol. The molecule has 2 aliphatic rings. The predicted octanol–water partition coefficient (Wildman–Crippen LogP) is 2.95. The summed E-state index contributed by atoms with van der Waals surface area (Å²) in [5, 5.41) is 8.98. The van der Waals surface area contributed by atoms with Crippen LogP contribution in [0.25, 0.3) is 0 Å². The molecule has 0 amide bonds. The van der Waals surface area contributed by atoms with Gasteiger partial charge in [0.25, 0.3) is 0 Å². The molecule has 2 aliphatic heterocycles. The van der Waals surface area contributed by atoms with Crippen molar-refractivity contribution < 1.29 is 27.8 Å². The summed E-state index contributed by atoms with van der Waals surface area (Å²) in [6.45, 7) is 0.921. The summed E-state index contributed by atoms with van der Waals surface area (Å²) in [6, 6.07) is 2.34. The van der Waals surface area contributed by atoms with E-state index in [2.05, 4.69) is 4.98 Å². The molecule has 0 spiro atoms. The van der Waals surface area contributed by atoms with E-state index >= 15 is 0 Å². The molecular formula is C16H19F3N2O3. The fourth-order valence-corrected chi connectivity index (χ4v) is 3.54. The molecule has 0 unspecified atom stereocenters. The third kappa shape index (κ3) is 3.48. The van der Waals surface area contributed by atoms with Crippen LogP contribution >= 0.6 is 0 Å². The maximum absolute atomic E-state index is 13.1. The van der Waals surface area contributed by atoms with E-state index in [0.29, 0.717) is 38.8 Å². The Labute approximate surface area is 137 Å². The number of ether oxygens (including phenoxy) is 1. The Balaban J connectivity index is 1.63. The van der Waals surface area contributed by atoms with Crippen LogP contribution in [0.3, 0.4) is 0 Å². The molecule has 3 heterocycles. The first-order valence-electron chi connectivity index (χ1n) is 8.01. The van der Waals surface area contributed by atoms with Crippen molar-refractivity contribution in [2.75, 3.05) is 18.0 Å². The second-order valence-corrected chi connectivity index (χ2v) is 6.28. The van der Waals surface area contributed by atoms with Gasteiger partial charge in [0, 0.05) is 19.3 Å². The van der Waals surface area contributed by atoms with Crippen molar-refractivity contribution in [3.63, 3.8) is 0 Å². The number of nitrogens with zero attached hydrogens (tertiary/aromatic N) is 2. The van der Waals surface area contributed by atoms with Crippen LogP contribution in [0.2, 0.25) is 0 Å². The SMILES string of the molecule is O=C(O)[C@H]1CC[C@@H](C2CCN(c3ncccc3C(F)(F)F)CC2)O1. The molecule has 132 valence electrons. The molecule has 2 fully saturated rings. The minimum absolute atomic E-state index is 0.0285. The highest BCUT2D eigenvalue weighted by Crippen LogP contribution is 2.38. The first-order chi connectivity index (χ1) is 11.4. The molecule has 1 aromatic heterocycles. The minimum atomic E-state index is -4.43. The zero-order valence-electron chi connectivity index (χ0n) is 13.0. The second kappa shape index (κ2) is 6.58. The van der Waals surface area contributed by atoms with Gasteiger partial charge >= 0.3 is 12.1 Å². The fraction of sp³-hybridized carbons (Fsp3) is 0.625. The zero-order valence-corrected chi connectivity index (χ0v) is 13.0. The summed E-state index contributed by atoms with van der Waals surface area (Å²) in [5.41, 5.74) is -0.716. The maximum atomic E-state index is 13.1. The Morgan fingerprint density at radius 1 is 1.25 bits per heavy atom. The Bertz CT molecular complexity index is 600. The molecule has 0 saturated carbocycles. The number of hydrogen-bond acceptors (Lipinski definition) is 4. The Morgan fingerprint density at radius 2 is 1.96 bits per heavy atom. The lowest BCUT2D eigenvalue weighted by Gasteiger charge is -2.36. The van der Waals surface area contributed by atoms with Gasteiger partial charge in [-0.1, -0.05) is 0 Å². The van der Waals surface area contributed by atoms with Gasteiger partial charge in [-0.25, -0.2) is 9.78 Å². The van der Waals surface area contributed by atoms with E-state index < -0.39 is 23.8 Å². The Kier molecular flexibility index (Phi) is 4.67. The van der Waals surface area contributed by atoms with Crippen LogP contribution < -0.4 is 4.90 Å². The van der Waals surface area contributed by atoms with Gasteiger partial charge in [0.05, 0.1) is 11.7 Å². The van der Waals surface area contributed by atoms with E-state index in [-0.39, 0.29) is 17.8 Å². The lowest BCUT2D eigenvalue weighted by Crippen LogP contribution is -2.39. The van der Waals surface area contributed by atoms with Gasteiger partial charge in [-0.2, -0.15) is 13.2 Å². The number of carboxylic acids is 1. The van der Waals surface area contributed by atoms with Gasteiger partial charge in [-0.3, -0.25) is 0 Å². The third-order valence-electron chi connectivity index (χ3n) is 4.78. The van der Waals surface area contributed by atoms with Gasteiger partial charge in [0.15, 0.2) is 6.10 Å². The molecule has 3 rings (SSSR count). The molecule has 1 aromatic rings. The molecular weight excluding hydrogens is 325 g/mol. The van der Waals surface area contributed by atoms with Crippen LogP contribution in [0, 0.1) is 5.92 Å². The van der Waals surface area contributed by atoms with Crippen LogP contribution in [-0.2, 0) is 15.7 Å². The fourth-order valence-electron chi connectivity index (χ4n) is 3.54. The molecule has 2 saturated heterocycles. The highest BCUT2D eigenvalue weighted by Gasteiger charge is 2.39. The number of piperidine rings is 1. The van der Waals surface area contributed by atoms with Gasteiger partial charge in [0.1, 0.15) is 5.82 Å². The Morgan fingerprint density at radius 3 is 2.54 bits per heavy atom. The summed E-state index contributed by atoms with van der Waals surface area (Å²) in [4.78, 5) is 16.5. The number of carbonyl (C=O) groups is 1. The van der Waals surface area contributed by atoms with E-state index in [1.54, 1.807) is 4.90 Å². The number of carboxylic acid groups (broad SMARTS) is 1. The van der Waals surface area contributed by atoms with Crippen molar-refractivity contribution in [1.29, 1.82) is 0 Å². The number of rotatable bonds is 3. The van der Waals surface area contributed by atoms with E-state index in [1.807, 2.05) is 0 Å². The predicted molar refractivity (Wildman–Crippen MR) is 79.7 cm³/mol. The first-order valence-corrected chi connectivity index (χ1v) is 8.01. The van der Waals surface area contributed by atoms with Crippen LogP contribution in [-0.4, -0.2) is 41.4 Å². The molecule has 1 N–H and O–H groups in total. The van der Waals surface area contributed by atoms with E-state index in [1.165, 1.54) is 12.3 Å². The van der Waals surface area contributed by atoms with Crippen molar-refractivity contribution in [1.82, 2.24) is 4.98 Å². The molecule has 8 heteroatoms. The molecule has 5 nitrogen and oxygen atoms in total. The third-order valence-corrected chi connectivity index (χ3v) is 4.78. The van der Waals surface area contributed by atoms with Crippen molar-refractivity contribution in [2.45, 2.75) is 44.1 Å². The summed E-state index contributed by atoms with van der Waals surface area (Å²) in [6.07, 6.45) is -1.38. The Hall–Kier alpha value is -1.83. The van der Waals surface area contributed by atoms with Crippen molar-refractivity contribution in [3.05, 3.63) is 23.9 Å². The second-order valence-electron chi connectivity index (χ2n) is 6.28. The summed E-state index contributed by atoms with van der Waals surface area (Å²) < 4.78 is 44.9. The molecule has 0 aromatic carbocycles. The average Bonchev–Trinajstić information content (AvgIpc) is 3.04. The lowest BCUT2D eigenvalue weighted by atomic mass is 9.89. The summed E-state index contributed by atoms with van der Waals surface area (Å²) in [5.74, 6) is -0.791. The molecule has 0 radical (unpaired) electrons. The highest BCUT2D eigenvalue weighted by atomic mass is 19.4. The minimum Gasteiger partial charge on any atom is -0.479 e. The van der Waals surface area contributed by atoms with Gasteiger partial charge in [0.2, 0.25) is 0 Å². The van der Waals surface area contributed by atoms with Gasteiger partial charge in [-0.05, 0) is 43.7 Å². The number of aliphatic carboxylic acids is 1. The van der Waals surface area contributed by atoms with Gasteiger partial charge in [-0.15, -0.1) is 0 Å². The van der Waals surface area contributed by atoms with Crippen LogP contribution in [0.5, 0.6) is 0 Å². The number of aromatic nitrogens is 1. The van der Waals surface area contributed by atoms with E-state index in [4.69, 9.17) is 9.84 Å². The monoisotopic (exact) mass is 344 g/mol. The first kappa shape index (κ1) is 17.0. The van der Waals surface area contributed by atoms with Crippen LogP contribution in [0.4, 0.5) is 19.0 Å². The van der Waals surface area contributed by atoms with Crippen molar-refractivity contribution in [2.24, 2.45) is 5.92 Å². The number of anilines is 1. The van der Waals surface area contributed by atoms with Crippen molar-refractivity contribution in [3.8, 4) is 0 Å². The van der Waals surface area contributed by atoms with Crippen LogP contribution in [0.15, 0.2) is 18.3 Å². The number of alkyl halides is 3. The van der Waals surface area contributed by atoms with Crippen molar-refractivity contribution >= 4 is 11.8 Å². The number of hydrogen-bond donors (Lipinski definition) is 1. The molecule has 2 atom stereocenters. The highest BCUT2D eigenvalue weighted by molar-refractivity contribution is 5.72. The topological polar surface area (TPSA) is 62.7 Å². The maximum Gasteiger partial charge on any atom is 0.419 e. The molecule has 24 heavy (non-hydrogen) atoms. The standard InChI is InChI=1S/C16H19F3N2O3/c17-16(18,19)11-2-1-7-20-14(11)21-8-5-10(6-9-21)12-3-4-13(24-12)15(22)23/h1-2,7,10,12-13H,3-6,8-9H2,(H,22,23)/t12-,13+/m0/s1. The molecule has 0 aliphatic carbocycles. The largest absolute Gasteiger partial charge is 0.479 e. The zero-order chi connectivity index (χ0) is 17.3. The summed E-state index contributed by atoms with van der Waals surface area (Å²) in [7, 11) is 0. The number of pyridine rings is 1. The normalized spacial score (nSPS) is 25.9. The summed E-state index contributed by atoms with van der Waals surface area (Å²) >= 11 is 0. The van der Waals surface area contributed by atoms with Crippen LogP contribution in [0.1, 0.15) is 31.2 Å². The quantitative estimate of drug-likeness (QED) is 0.913. The van der Waals surface area contributed by atoms with E-state index in [9.17, 15) is 18.0 Å². The van der Waals surface area contributed by atoms with E-state index in [0.717, 1.165) is 6.07 Å². The van der Waals surface area contributed by atoms with Gasteiger partial charge < -0.3 is 14.7 Å². The molecule has 0 bridgehead atoms. The number of halogens is 3. The smallest absolute Gasteiger partial charge is 0.419 e.